The van der Waals surface area contributed by atoms with Crippen LogP contribution in [0.25, 0.3) is 0 Å². The zero-order valence-electron chi connectivity index (χ0n) is 13.3. The monoisotopic (exact) mass is 455 g/mol. The molecule has 0 atom stereocenters. The van der Waals surface area contributed by atoms with Crippen LogP contribution >= 0.6 is 22.6 Å². The molecule has 0 aliphatic carbocycles. The van der Waals surface area contributed by atoms with Crippen molar-refractivity contribution in [3.8, 4) is 5.75 Å². The number of non-ortho nitro benzene ring substituents is 1. The number of carbonyl (C=O) groups excluding carboxylic acids is 2. The van der Waals surface area contributed by atoms with E-state index >= 15 is 0 Å². The van der Waals surface area contributed by atoms with Crippen LogP contribution in [-0.2, 0) is 4.79 Å². The van der Waals surface area contributed by atoms with Gasteiger partial charge in [-0.3, -0.25) is 19.7 Å². The van der Waals surface area contributed by atoms with Crippen LogP contribution < -0.4 is 15.4 Å². The van der Waals surface area contributed by atoms with Crippen molar-refractivity contribution in [3.63, 3.8) is 0 Å². The molecule has 0 radical (unpaired) electrons. The second-order valence-electron chi connectivity index (χ2n) is 4.97. The van der Waals surface area contributed by atoms with Crippen molar-refractivity contribution in [2.24, 2.45) is 0 Å². The third kappa shape index (κ3) is 4.66. The maximum absolute atomic E-state index is 12.5. The van der Waals surface area contributed by atoms with E-state index in [1.807, 2.05) is 22.6 Å². The minimum atomic E-state index is -0.524. The third-order valence-corrected chi connectivity index (χ3v) is 4.07. The molecule has 0 fully saturated rings. The number of halogens is 1. The maximum atomic E-state index is 12.5. The van der Waals surface area contributed by atoms with Crippen molar-refractivity contribution < 1.29 is 19.2 Å². The van der Waals surface area contributed by atoms with E-state index < -0.39 is 10.8 Å². The number of nitro benzene ring substituents is 1. The highest BCUT2D eigenvalue weighted by atomic mass is 127. The van der Waals surface area contributed by atoms with Crippen molar-refractivity contribution in [1.82, 2.24) is 0 Å². The normalized spacial score (nSPS) is 10.0. The van der Waals surface area contributed by atoms with Gasteiger partial charge in [0.25, 0.3) is 11.6 Å². The molecule has 0 aliphatic rings. The van der Waals surface area contributed by atoms with Crippen LogP contribution in [0.1, 0.15) is 17.3 Å². The van der Waals surface area contributed by atoms with Crippen LogP contribution in [-0.4, -0.2) is 23.8 Å². The molecule has 2 N–H and O–H groups in total. The summed E-state index contributed by atoms with van der Waals surface area (Å²) in [5.74, 6) is -0.274. The predicted octanol–water partition coefficient (Wildman–Crippen LogP) is 3.42. The molecule has 0 aromatic heterocycles. The second kappa shape index (κ2) is 7.92. The minimum Gasteiger partial charge on any atom is -0.495 e. The Labute approximate surface area is 156 Å². The van der Waals surface area contributed by atoms with E-state index in [1.54, 1.807) is 18.2 Å². The van der Waals surface area contributed by atoms with E-state index in [4.69, 9.17) is 4.74 Å². The van der Waals surface area contributed by atoms with Crippen LogP contribution in [0.5, 0.6) is 5.75 Å². The zero-order chi connectivity index (χ0) is 18.6. The second-order valence-corrected chi connectivity index (χ2v) is 6.13. The van der Waals surface area contributed by atoms with Gasteiger partial charge in [-0.05, 0) is 46.9 Å². The Morgan fingerprint density at radius 3 is 2.44 bits per heavy atom. The Morgan fingerprint density at radius 2 is 1.88 bits per heavy atom. The number of nitro groups is 1. The fraction of sp³-hybridized carbons (Fsp3) is 0.125. The van der Waals surface area contributed by atoms with Gasteiger partial charge >= 0.3 is 0 Å². The molecule has 0 unspecified atom stereocenters. The Bertz CT molecular complexity index is 854. The minimum absolute atomic E-state index is 0.0915. The number of nitrogens with one attached hydrogen (secondary N) is 2. The van der Waals surface area contributed by atoms with E-state index in [0.717, 1.165) is 0 Å². The molecule has 2 amide bonds. The first-order valence-corrected chi connectivity index (χ1v) is 8.10. The summed E-state index contributed by atoms with van der Waals surface area (Å²) in [5, 5.41) is 16.1. The summed E-state index contributed by atoms with van der Waals surface area (Å²) in [6.45, 7) is 1.38. The van der Waals surface area contributed by atoms with E-state index in [1.165, 1.54) is 32.2 Å². The first-order chi connectivity index (χ1) is 11.8. The number of hydrogen-bond acceptors (Lipinski definition) is 5. The highest BCUT2D eigenvalue weighted by Crippen LogP contribution is 2.29. The lowest BCUT2D eigenvalue weighted by Gasteiger charge is -2.13. The lowest BCUT2D eigenvalue weighted by molar-refractivity contribution is -0.384. The van der Waals surface area contributed by atoms with Gasteiger partial charge in [-0.15, -0.1) is 0 Å². The Morgan fingerprint density at radius 1 is 1.16 bits per heavy atom. The summed E-state index contributed by atoms with van der Waals surface area (Å²) < 4.78 is 5.65. The molecule has 0 spiro atoms. The van der Waals surface area contributed by atoms with Crippen molar-refractivity contribution in [1.29, 1.82) is 0 Å². The van der Waals surface area contributed by atoms with Gasteiger partial charge in [-0.1, -0.05) is 0 Å². The van der Waals surface area contributed by atoms with Crippen molar-refractivity contribution >= 4 is 51.5 Å². The van der Waals surface area contributed by atoms with Crippen LogP contribution in [0.3, 0.4) is 0 Å². The molecule has 0 heterocycles. The SMILES string of the molecule is COc1ccc(NC(C)=O)cc1NC(=O)c1ccc([N+](=O)[O-])cc1I. The quantitative estimate of drug-likeness (QED) is 0.408. The van der Waals surface area contributed by atoms with Crippen LogP contribution in [0.15, 0.2) is 36.4 Å². The zero-order valence-corrected chi connectivity index (χ0v) is 15.5. The Balaban J connectivity index is 2.30. The van der Waals surface area contributed by atoms with E-state index in [2.05, 4.69) is 10.6 Å². The Hall–Kier alpha value is -2.69. The summed E-state index contributed by atoms with van der Waals surface area (Å²) in [7, 11) is 1.46. The average molecular weight is 455 g/mol. The summed E-state index contributed by atoms with van der Waals surface area (Å²) in [6.07, 6.45) is 0. The smallest absolute Gasteiger partial charge is 0.270 e. The van der Waals surface area contributed by atoms with E-state index in [-0.39, 0.29) is 17.2 Å². The van der Waals surface area contributed by atoms with Gasteiger partial charge in [0.05, 0.1) is 23.3 Å². The lowest BCUT2D eigenvalue weighted by atomic mass is 10.2. The van der Waals surface area contributed by atoms with Gasteiger partial charge < -0.3 is 15.4 Å². The first-order valence-electron chi connectivity index (χ1n) is 7.02. The van der Waals surface area contributed by atoms with Gasteiger partial charge in [0.2, 0.25) is 5.91 Å². The van der Waals surface area contributed by atoms with Gasteiger partial charge in [-0.2, -0.15) is 0 Å². The highest BCUT2D eigenvalue weighted by Gasteiger charge is 2.16. The number of amides is 2. The average Bonchev–Trinajstić information content (AvgIpc) is 2.54. The number of rotatable bonds is 5. The van der Waals surface area contributed by atoms with Crippen molar-refractivity contribution in [2.75, 3.05) is 17.7 Å². The largest absolute Gasteiger partial charge is 0.495 e. The molecule has 130 valence electrons. The van der Waals surface area contributed by atoms with Gasteiger partial charge in [-0.25, -0.2) is 0 Å². The number of hydrogen-bond donors (Lipinski definition) is 2. The summed E-state index contributed by atoms with van der Waals surface area (Å²) in [5.41, 5.74) is 1.07. The van der Waals surface area contributed by atoms with Crippen molar-refractivity contribution in [2.45, 2.75) is 6.92 Å². The molecule has 0 saturated heterocycles. The van der Waals surface area contributed by atoms with Crippen LogP contribution in [0.4, 0.5) is 17.1 Å². The first kappa shape index (κ1) is 18.6. The molecule has 2 aromatic carbocycles. The molecule has 25 heavy (non-hydrogen) atoms. The van der Waals surface area contributed by atoms with Crippen LogP contribution in [0, 0.1) is 13.7 Å². The number of nitrogens with zero attached hydrogens (tertiary/aromatic N) is 1. The number of methoxy groups -OCH3 is 1. The van der Waals surface area contributed by atoms with Gasteiger partial charge in [0.1, 0.15) is 5.75 Å². The molecule has 0 bridgehead atoms. The third-order valence-electron chi connectivity index (χ3n) is 3.18. The fourth-order valence-corrected chi connectivity index (χ4v) is 2.82. The fourth-order valence-electron chi connectivity index (χ4n) is 2.08. The van der Waals surface area contributed by atoms with Gasteiger partial charge in [0, 0.05) is 28.3 Å². The molecular formula is C16H14IN3O5. The van der Waals surface area contributed by atoms with Crippen molar-refractivity contribution in [3.05, 3.63) is 55.6 Å². The standard InChI is InChI=1S/C16H14IN3O5/c1-9(21)18-10-3-6-15(25-2)14(7-10)19-16(22)12-5-4-11(20(23)24)8-13(12)17/h3-8H,1-2H3,(H,18,21)(H,19,22). The van der Waals surface area contributed by atoms with Crippen LogP contribution in [0.2, 0.25) is 0 Å². The number of anilines is 2. The number of carbonyl (C=O) groups is 2. The molecular weight excluding hydrogens is 441 g/mol. The molecule has 0 aliphatic heterocycles. The molecule has 0 saturated carbocycles. The molecule has 9 heteroatoms. The summed E-state index contributed by atoms with van der Waals surface area (Å²) in [6, 6.07) is 8.80. The highest BCUT2D eigenvalue weighted by molar-refractivity contribution is 14.1. The molecule has 2 aromatic rings. The lowest BCUT2D eigenvalue weighted by Crippen LogP contribution is -2.15. The predicted molar refractivity (Wildman–Crippen MR) is 101 cm³/mol. The summed E-state index contributed by atoms with van der Waals surface area (Å²) in [4.78, 5) is 33.9. The molecule has 8 nitrogen and oxygen atoms in total. The van der Waals surface area contributed by atoms with E-state index in [0.29, 0.717) is 20.7 Å². The van der Waals surface area contributed by atoms with Gasteiger partial charge in [0.15, 0.2) is 0 Å². The maximum Gasteiger partial charge on any atom is 0.270 e. The molecule has 2 rings (SSSR count). The Kier molecular flexibility index (Phi) is 5.91. The number of ether oxygens (including phenoxy) is 1. The summed E-state index contributed by atoms with van der Waals surface area (Å²) >= 11 is 1.86. The topological polar surface area (TPSA) is 111 Å². The number of benzene rings is 2. The van der Waals surface area contributed by atoms with E-state index in [9.17, 15) is 19.7 Å².